The van der Waals surface area contributed by atoms with Crippen molar-refractivity contribution < 1.29 is 14.4 Å². The van der Waals surface area contributed by atoms with Crippen LogP contribution < -0.4 is 5.32 Å². The number of piperidine rings is 1. The molecule has 158 valence electrons. The Morgan fingerprint density at radius 2 is 1.73 bits per heavy atom. The number of nitrogens with zero attached hydrogens (tertiary/aromatic N) is 2. The summed E-state index contributed by atoms with van der Waals surface area (Å²) in [5, 5.41) is 7.90. The molecule has 6 heteroatoms. The quantitative estimate of drug-likeness (QED) is 0.784. The zero-order chi connectivity index (χ0) is 20.8. The molecular formula is C24H29N3O3. The van der Waals surface area contributed by atoms with E-state index in [1.807, 2.05) is 13.0 Å². The van der Waals surface area contributed by atoms with Gasteiger partial charge in [-0.3, -0.25) is 0 Å². The molecule has 1 atom stereocenters. The van der Waals surface area contributed by atoms with E-state index in [2.05, 4.69) is 59.0 Å². The summed E-state index contributed by atoms with van der Waals surface area (Å²) >= 11 is 0. The minimum absolute atomic E-state index is 0.0527. The lowest BCUT2D eigenvalue weighted by atomic mass is 10.00. The largest absolute Gasteiger partial charge is 0.450 e. The van der Waals surface area contributed by atoms with Crippen molar-refractivity contribution in [1.82, 2.24) is 10.2 Å². The number of likely N-dealkylation sites (tertiary alicyclic amines) is 1. The average Bonchev–Trinajstić information content (AvgIpc) is 3.28. The fourth-order valence-corrected chi connectivity index (χ4v) is 3.97. The molecule has 1 saturated heterocycles. The standard InChI is InChI=1S/C24H29N3O3/c1-2-29-24(28)27-14-12-21(13-15-27)25-17-22-16-23(26-30-22)20-10-8-19(9-11-20)18-6-4-3-5-7-18/h3-11,21-22,25H,2,12-17H2,1H3/t22-/m0/s1. The van der Waals surface area contributed by atoms with Crippen molar-refractivity contribution in [3.05, 3.63) is 60.2 Å². The van der Waals surface area contributed by atoms with Crippen LogP contribution in [0.15, 0.2) is 59.8 Å². The van der Waals surface area contributed by atoms with E-state index in [-0.39, 0.29) is 12.2 Å². The van der Waals surface area contributed by atoms with Gasteiger partial charge in [0.1, 0.15) is 6.10 Å². The molecule has 0 radical (unpaired) electrons. The van der Waals surface area contributed by atoms with E-state index in [4.69, 9.17) is 9.57 Å². The van der Waals surface area contributed by atoms with Gasteiger partial charge in [0, 0.05) is 32.1 Å². The molecule has 2 aliphatic heterocycles. The molecule has 0 spiro atoms. The van der Waals surface area contributed by atoms with Crippen LogP contribution >= 0.6 is 0 Å². The monoisotopic (exact) mass is 407 g/mol. The van der Waals surface area contributed by atoms with Gasteiger partial charge in [0.2, 0.25) is 0 Å². The van der Waals surface area contributed by atoms with Crippen LogP contribution in [0.4, 0.5) is 4.79 Å². The molecule has 1 N–H and O–H groups in total. The van der Waals surface area contributed by atoms with Crippen molar-refractivity contribution in [2.24, 2.45) is 5.16 Å². The van der Waals surface area contributed by atoms with E-state index < -0.39 is 0 Å². The Kier molecular flexibility index (Phi) is 6.64. The molecule has 2 aromatic rings. The molecule has 30 heavy (non-hydrogen) atoms. The highest BCUT2D eigenvalue weighted by atomic mass is 16.6. The summed E-state index contributed by atoms with van der Waals surface area (Å²) in [6.07, 6.45) is 2.52. The summed E-state index contributed by atoms with van der Waals surface area (Å²) < 4.78 is 5.08. The van der Waals surface area contributed by atoms with Gasteiger partial charge in [0.05, 0.1) is 12.3 Å². The predicted octanol–water partition coefficient (Wildman–Crippen LogP) is 4.06. The molecule has 0 aromatic heterocycles. The van der Waals surface area contributed by atoms with Crippen molar-refractivity contribution in [2.45, 2.75) is 38.3 Å². The third-order valence-corrected chi connectivity index (χ3v) is 5.71. The number of hydrogen-bond acceptors (Lipinski definition) is 5. The molecule has 4 rings (SSSR count). The molecule has 2 aromatic carbocycles. The summed E-state index contributed by atoms with van der Waals surface area (Å²) in [4.78, 5) is 19.2. The van der Waals surface area contributed by atoms with Crippen LogP contribution in [0.1, 0.15) is 31.7 Å². The summed E-state index contributed by atoms with van der Waals surface area (Å²) in [6, 6.07) is 19.3. The van der Waals surface area contributed by atoms with Crippen molar-refractivity contribution in [1.29, 1.82) is 0 Å². The van der Waals surface area contributed by atoms with Gasteiger partial charge in [-0.1, -0.05) is 59.8 Å². The first kappa shape index (κ1) is 20.4. The number of hydrogen-bond donors (Lipinski definition) is 1. The van der Waals surface area contributed by atoms with Crippen LogP contribution in [0.5, 0.6) is 0 Å². The Bertz CT molecular complexity index is 859. The Labute approximate surface area is 177 Å². The van der Waals surface area contributed by atoms with Crippen LogP contribution in [0.25, 0.3) is 11.1 Å². The molecule has 1 fully saturated rings. The Hall–Kier alpha value is -2.86. The molecule has 1 amide bonds. The lowest BCUT2D eigenvalue weighted by molar-refractivity contribution is 0.0751. The Morgan fingerprint density at radius 3 is 2.43 bits per heavy atom. The molecule has 0 aliphatic carbocycles. The number of rotatable bonds is 6. The van der Waals surface area contributed by atoms with Crippen molar-refractivity contribution in [3.63, 3.8) is 0 Å². The SMILES string of the molecule is CCOC(=O)N1CCC(NC[C@@H]2CC(c3ccc(-c4ccccc4)cc3)=NO2)CC1. The van der Waals surface area contributed by atoms with Crippen LogP contribution in [-0.4, -0.2) is 55.1 Å². The summed E-state index contributed by atoms with van der Waals surface area (Å²) in [7, 11) is 0. The fraction of sp³-hybridized carbons (Fsp3) is 0.417. The van der Waals surface area contributed by atoms with Crippen LogP contribution in [0, 0.1) is 0 Å². The Balaban J connectivity index is 1.22. The first-order valence-corrected chi connectivity index (χ1v) is 10.8. The van der Waals surface area contributed by atoms with E-state index >= 15 is 0 Å². The number of oxime groups is 1. The van der Waals surface area contributed by atoms with Crippen molar-refractivity contribution >= 4 is 11.8 Å². The maximum Gasteiger partial charge on any atom is 0.409 e. The zero-order valence-electron chi connectivity index (χ0n) is 17.4. The van der Waals surface area contributed by atoms with Crippen molar-refractivity contribution in [3.8, 4) is 11.1 Å². The molecule has 0 unspecified atom stereocenters. The predicted molar refractivity (Wildman–Crippen MR) is 118 cm³/mol. The van der Waals surface area contributed by atoms with Gasteiger partial charge in [-0.05, 0) is 36.5 Å². The van der Waals surface area contributed by atoms with E-state index in [1.54, 1.807) is 4.90 Å². The second kappa shape index (κ2) is 9.76. The highest BCUT2D eigenvalue weighted by molar-refractivity contribution is 6.01. The van der Waals surface area contributed by atoms with Gasteiger partial charge < -0.3 is 19.8 Å². The first-order valence-electron chi connectivity index (χ1n) is 10.8. The smallest absolute Gasteiger partial charge is 0.409 e. The highest BCUT2D eigenvalue weighted by Gasteiger charge is 2.26. The number of benzene rings is 2. The first-order chi connectivity index (χ1) is 14.7. The van der Waals surface area contributed by atoms with Gasteiger partial charge >= 0.3 is 6.09 Å². The topological polar surface area (TPSA) is 63.2 Å². The van der Waals surface area contributed by atoms with Gasteiger partial charge in [0.25, 0.3) is 0 Å². The number of amides is 1. The number of carbonyl (C=O) groups is 1. The lowest BCUT2D eigenvalue weighted by Gasteiger charge is -2.32. The van der Waals surface area contributed by atoms with Gasteiger partial charge in [-0.2, -0.15) is 0 Å². The lowest BCUT2D eigenvalue weighted by Crippen LogP contribution is -2.46. The molecule has 0 saturated carbocycles. The maximum absolute atomic E-state index is 11.8. The van der Waals surface area contributed by atoms with E-state index in [1.165, 1.54) is 11.1 Å². The number of carbonyl (C=O) groups excluding carboxylic acids is 1. The second-order valence-electron chi connectivity index (χ2n) is 7.78. The van der Waals surface area contributed by atoms with Gasteiger partial charge in [0.15, 0.2) is 0 Å². The van der Waals surface area contributed by atoms with Crippen molar-refractivity contribution in [2.75, 3.05) is 26.2 Å². The molecule has 6 nitrogen and oxygen atoms in total. The fourth-order valence-electron chi connectivity index (χ4n) is 3.97. The minimum Gasteiger partial charge on any atom is -0.450 e. The van der Waals surface area contributed by atoms with Gasteiger partial charge in [-0.25, -0.2) is 4.79 Å². The normalized spacial score (nSPS) is 19.3. The van der Waals surface area contributed by atoms with Gasteiger partial charge in [-0.15, -0.1) is 0 Å². The number of ether oxygens (including phenoxy) is 1. The molecule has 2 heterocycles. The molecule has 0 bridgehead atoms. The second-order valence-corrected chi connectivity index (χ2v) is 7.78. The molecular weight excluding hydrogens is 378 g/mol. The summed E-state index contributed by atoms with van der Waals surface area (Å²) in [6.45, 7) is 4.49. The summed E-state index contributed by atoms with van der Waals surface area (Å²) in [5.74, 6) is 0. The zero-order valence-corrected chi connectivity index (χ0v) is 17.4. The number of nitrogens with one attached hydrogen (secondary N) is 1. The van der Waals surface area contributed by atoms with Crippen LogP contribution in [0.3, 0.4) is 0 Å². The van der Waals surface area contributed by atoms with E-state index in [9.17, 15) is 4.79 Å². The third kappa shape index (κ3) is 5.00. The van der Waals surface area contributed by atoms with E-state index in [0.717, 1.165) is 50.2 Å². The third-order valence-electron chi connectivity index (χ3n) is 5.71. The Morgan fingerprint density at radius 1 is 1.07 bits per heavy atom. The maximum atomic E-state index is 11.8. The average molecular weight is 408 g/mol. The van der Waals surface area contributed by atoms with Crippen LogP contribution in [0.2, 0.25) is 0 Å². The summed E-state index contributed by atoms with van der Waals surface area (Å²) in [5.41, 5.74) is 4.52. The van der Waals surface area contributed by atoms with Crippen LogP contribution in [-0.2, 0) is 9.57 Å². The highest BCUT2D eigenvalue weighted by Crippen LogP contribution is 2.22. The van der Waals surface area contributed by atoms with E-state index in [0.29, 0.717) is 12.6 Å². The minimum atomic E-state index is -0.202. The molecule has 2 aliphatic rings.